The first-order valence-electron chi connectivity index (χ1n) is 4.91. The first kappa shape index (κ1) is 12.3. The summed E-state index contributed by atoms with van der Waals surface area (Å²) in [4.78, 5) is 12.3. The lowest BCUT2D eigenvalue weighted by molar-refractivity contribution is -0.166. The van der Waals surface area contributed by atoms with Crippen LogP contribution in [0.2, 0.25) is 0 Å². The van der Waals surface area contributed by atoms with Crippen LogP contribution in [0, 0.1) is 0 Å². The lowest BCUT2D eigenvalue weighted by Crippen LogP contribution is -2.43. The van der Waals surface area contributed by atoms with Crippen LogP contribution in [-0.2, 0) is 9.53 Å². The predicted octanol–water partition coefficient (Wildman–Crippen LogP) is 1.58. The number of likely N-dealkylation sites (N-methyl/N-ethyl adjacent to an activating group) is 1. The molecule has 0 saturated carbocycles. The number of amides is 1. The Morgan fingerprint density at radius 2 is 2.20 bits per heavy atom. The third-order valence-corrected chi connectivity index (χ3v) is 2.27. The number of hydrogen-bond donors (Lipinski definition) is 0. The maximum atomic E-state index is 12.1. The van der Waals surface area contributed by atoms with Gasteiger partial charge in [0, 0.05) is 13.2 Å². The maximum absolute atomic E-state index is 12.1. The number of nitrogens with zero attached hydrogens (tertiary/aromatic N) is 1. The van der Waals surface area contributed by atoms with Crippen molar-refractivity contribution in [2.24, 2.45) is 0 Å². The largest absolute Gasteiger partial charge is 0.406 e. The normalized spacial score (nSPS) is 21.7. The van der Waals surface area contributed by atoms with Gasteiger partial charge < -0.3 is 9.64 Å². The van der Waals surface area contributed by atoms with Crippen molar-refractivity contribution >= 4 is 5.91 Å². The summed E-state index contributed by atoms with van der Waals surface area (Å²) in [5, 5.41) is 0. The standard InChI is InChI=1S/C9H14F3NO2/c1-2-13(6-9(10,11)12)8(14)7-4-3-5-15-7/h7H,2-6H2,1H3. The molecule has 6 heteroatoms. The third-order valence-electron chi connectivity index (χ3n) is 2.27. The summed E-state index contributed by atoms with van der Waals surface area (Å²) < 4.78 is 41.4. The third kappa shape index (κ3) is 3.70. The summed E-state index contributed by atoms with van der Waals surface area (Å²) in [7, 11) is 0. The molecule has 0 aromatic rings. The number of ether oxygens (including phenoxy) is 1. The van der Waals surface area contributed by atoms with E-state index in [1.54, 1.807) is 0 Å². The first-order chi connectivity index (χ1) is 6.94. The average Bonchev–Trinajstić information content (AvgIpc) is 2.64. The second kappa shape index (κ2) is 4.83. The highest BCUT2D eigenvalue weighted by Crippen LogP contribution is 2.20. The van der Waals surface area contributed by atoms with E-state index in [0.29, 0.717) is 13.0 Å². The van der Waals surface area contributed by atoms with E-state index in [1.807, 2.05) is 0 Å². The molecule has 0 N–H and O–H groups in total. The van der Waals surface area contributed by atoms with Gasteiger partial charge >= 0.3 is 6.18 Å². The molecule has 1 fully saturated rings. The van der Waals surface area contributed by atoms with Crippen LogP contribution >= 0.6 is 0 Å². The van der Waals surface area contributed by atoms with Gasteiger partial charge in [-0.1, -0.05) is 0 Å². The van der Waals surface area contributed by atoms with Crippen LogP contribution in [0.25, 0.3) is 0 Å². The fraction of sp³-hybridized carbons (Fsp3) is 0.889. The van der Waals surface area contributed by atoms with Gasteiger partial charge in [-0.25, -0.2) is 0 Å². The van der Waals surface area contributed by atoms with E-state index in [-0.39, 0.29) is 6.54 Å². The molecule has 0 bridgehead atoms. The Bertz CT molecular complexity index is 224. The molecule has 0 radical (unpaired) electrons. The van der Waals surface area contributed by atoms with E-state index < -0.39 is 24.7 Å². The summed E-state index contributed by atoms with van der Waals surface area (Å²) in [6, 6.07) is 0. The van der Waals surface area contributed by atoms with Gasteiger partial charge in [-0.2, -0.15) is 13.2 Å². The average molecular weight is 225 g/mol. The van der Waals surface area contributed by atoms with Gasteiger partial charge in [0.05, 0.1) is 0 Å². The molecule has 0 aromatic heterocycles. The maximum Gasteiger partial charge on any atom is 0.406 e. The molecule has 1 aliphatic heterocycles. The fourth-order valence-corrected chi connectivity index (χ4v) is 1.54. The van der Waals surface area contributed by atoms with E-state index in [1.165, 1.54) is 6.92 Å². The van der Waals surface area contributed by atoms with Crippen molar-refractivity contribution in [1.82, 2.24) is 4.90 Å². The summed E-state index contributed by atoms with van der Waals surface area (Å²) in [6.45, 7) is 0.846. The van der Waals surface area contributed by atoms with Crippen LogP contribution < -0.4 is 0 Å². The Morgan fingerprint density at radius 3 is 2.60 bits per heavy atom. The molecule has 1 saturated heterocycles. The zero-order chi connectivity index (χ0) is 11.5. The van der Waals surface area contributed by atoms with E-state index >= 15 is 0 Å². The van der Waals surface area contributed by atoms with Crippen LogP contribution in [0.5, 0.6) is 0 Å². The van der Waals surface area contributed by atoms with E-state index in [4.69, 9.17) is 4.74 Å². The zero-order valence-electron chi connectivity index (χ0n) is 8.51. The van der Waals surface area contributed by atoms with E-state index in [0.717, 1.165) is 11.3 Å². The highest BCUT2D eigenvalue weighted by molar-refractivity contribution is 5.81. The van der Waals surface area contributed by atoms with Crippen LogP contribution in [0.15, 0.2) is 0 Å². The van der Waals surface area contributed by atoms with Gasteiger partial charge in [-0.05, 0) is 19.8 Å². The SMILES string of the molecule is CCN(CC(F)(F)F)C(=O)C1CCCO1. The molecule has 3 nitrogen and oxygen atoms in total. The molecule has 1 rings (SSSR count). The Balaban J connectivity index is 2.53. The molecular weight excluding hydrogens is 211 g/mol. The molecule has 88 valence electrons. The number of carbonyl (C=O) groups excluding carboxylic acids is 1. The summed E-state index contributed by atoms with van der Waals surface area (Å²) >= 11 is 0. The van der Waals surface area contributed by atoms with Crippen molar-refractivity contribution in [2.45, 2.75) is 32.0 Å². The summed E-state index contributed by atoms with van der Waals surface area (Å²) in [5.41, 5.74) is 0. The van der Waals surface area contributed by atoms with Crippen molar-refractivity contribution in [3.8, 4) is 0 Å². The van der Waals surface area contributed by atoms with Crippen molar-refractivity contribution in [3.05, 3.63) is 0 Å². The minimum atomic E-state index is -4.34. The minimum absolute atomic E-state index is 0.0538. The second-order valence-electron chi connectivity index (χ2n) is 3.47. The van der Waals surface area contributed by atoms with E-state index in [9.17, 15) is 18.0 Å². The van der Waals surface area contributed by atoms with Crippen LogP contribution in [0.3, 0.4) is 0 Å². The van der Waals surface area contributed by atoms with Gasteiger partial charge in [0.1, 0.15) is 12.6 Å². The Labute approximate surface area is 86.2 Å². The first-order valence-corrected chi connectivity index (χ1v) is 4.91. The number of halogens is 3. The molecule has 1 unspecified atom stereocenters. The predicted molar refractivity (Wildman–Crippen MR) is 47.3 cm³/mol. The molecule has 0 spiro atoms. The van der Waals surface area contributed by atoms with Gasteiger partial charge in [-0.3, -0.25) is 4.79 Å². The topological polar surface area (TPSA) is 29.5 Å². The fourth-order valence-electron chi connectivity index (χ4n) is 1.54. The van der Waals surface area contributed by atoms with Gasteiger partial charge in [0.2, 0.25) is 0 Å². The molecule has 1 heterocycles. The lowest BCUT2D eigenvalue weighted by atomic mass is 10.2. The van der Waals surface area contributed by atoms with Gasteiger partial charge in [0.25, 0.3) is 5.91 Å². The molecule has 1 aliphatic rings. The van der Waals surface area contributed by atoms with Gasteiger partial charge in [-0.15, -0.1) is 0 Å². The number of alkyl halides is 3. The molecule has 15 heavy (non-hydrogen) atoms. The van der Waals surface area contributed by atoms with Crippen LogP contribution in [0.4, 0.5) is 13.2 Å². The van der Waals surface area contributed by atoms with Crippen LogP contribution in [-0.4, -0.2) is 42.8 Å². The Morgan fingerprint density at radius 1 is 1.53 bits per heavy atom. The number of hydrogen-bond acceptors (Lipinski definition) is 2. The lowest BCUT2D eigenvalue weighted by Gasteiger charge is -2.24. The Kier molecular flexibility index (Phi) is 3.96. The zero-order valence-corrected chi connectivity index (χ0v) is 8.51. The second-order valence-corrected chi connectivity index (χ2v) is 3.47. The monoisotopic (exact) mass is 225 g/mol. The van der Waals surface area contributed by atoms with Crippen molar-refractivity contribution < 1.29 is 22.7 Å². The summed E-state index contributed by atoms with van der Waals surface area (Å²) in [6.07, 6.45) is -3.76. The van der Waals surface area contributed by atoms with Crippen molar-refractivity contribution in [2.75, 3.05) is 19.7 Å². The molecule has 0 aliphatic carbocycles. The summed E-state index contributed by atoms with van der Waals surface area (Å²) in [5.74, 6) is -0.549. The molecule has 1 amide bonds. The highest BCUT2D eigenvalue weighted by Gasteiger charge is 2.35. The number of rotatable bonds is 3. The van der Waals surface area contributed by atoms with Crippen LogP contribution in [0.1, 0.15) is 19.8 Å². The molecule has 1 atom stereocenters. The molecule has 0 aromatic carbocycles. The minimum Gasteiger partial charge on any atom is -0.368 e. The van der Waals surface area contributed by atoms with Crippen molar-refractivity contribution in [1.29, 1.82) is 0 Å². The van der Waals surface area contributed by atoms with Gasteiger partial charge in [0.15, 0.2) is 0 Å². The quantitative estimate of drug-likeness (QED) is 0.729. The highest BCUT2D eigenvalue weighted by atomic mass is 19.4. The van der Waals surface area contributed by atoms with E-state index in [2.05, 4.69) is 0 Å². The molecular formula is C9H14F3NO2. The number of carbonyl (C=O) groups is 1. The smallest absolute Gasteiger partial charge is 0.368 e. The van der Waals surface area contributed by atoms with Crippen molar-refractivity contribution in [3.63, 3.8) is 0 Å². The Hall–Kier alpha value is -0.780.